The van der Waals surface area contributed by atoms with Crippen LogP contribution in [0.4, 0.5) is 11.4 Å². The monoisotopic (exact) mass is 246 g/mol. The zero-order valence-corrected chi connectivity index (χ0v) is 10.6. The van der Waals surface area contributed by atoms with E-state index >= 15 is 0 Å². The maximum absolute atomic E-state index is 6.00. The highest BCUT2D eigenvalue weighted by molar-refractivity contribution is 5.73. The van der Waals surface area contributed by atoms with Crippen LogP contribution < -0.4 is 15.8 Å². The van der Waals surface area contributed by atoms with Gasteiger partial charge in [-0.3, -0.25) is 0 Å². The van der Waals surface area contributed by atoms with Gasteiger partial charge in [-0.25, -0.2) is 0 Å². The topological polar surface area (TPSA) is 60.4 Å². The third kappa shape index (κ3) is 2.77. The van der Waals surface area contributed by atoms with Crippen LogP contribution in [-0.4, -0.2) is 13.2 Å². The highest BCUT2D eigenvalue weighted by atomic mass is 16.5. The smallest absolute Gasteiger partial charge is 0.143 e. The van der Waals surface area contributed by atoms with E-state index in [-0.39, 0.29) is 6.04 Å². The number of hydrogen-bond acceptors (Lipinski definition) is 4. The van der Waals surface area contributed by atoms with Crippen molar-refractivity contribution in [3.05, 3.63) is 42.4 Å². The molecule has 0 saturated heterocycles. The van der Waals surface area contributed by atoms with Crippen molar-refractivity contribution in [2.24, 2.45) is 0 Å². The van der Waals surface area contributed by atoms with E-state index in [0.29, 0.717) is 11.4 Å². The van der Waals surface area contributed by atoms with Gasteiger partial charge in [0, 0.05) is 12.5 Å². The van der Waals surface area contributed by atoms with Crippen molar-refractivity contribution in [2.45, 2.75) is 19.4 Å². The van der Waals surface area contributed by atoms with Gasteiger partial charge >= 0.3 is 0 Å². The first-order chi connectivity index (χ1) is 8.70. The average molecular weight is 246 g/mol. The van der Waals surface area contributed by atoms with Gasteiger partial charge in [-0.05, 0) is 31.2 Å². The maximum Gasteiger partial charge on any atom is 0.143 e. The molecule has 1 aromatic carbocycles. The third-order valence-corrected chi connectivity index (χ3v) is 2.78. The number of nitrogen functional groups attached to an aromatic ring is 1. The van der Waals surface area contributed by atoms with Crippen molar-refractivity contribution < 1.29 is 9.15 Å². The number of benzene rings is 1. The quantitative estimate of drug-likeness (QED) is 0.796. The van der Waals surface area contributed by atoms with E-state index in [0.717, 1.165) is 17.9 Å². The maximum atomic E-state index is 6.00. The molecule has 0 aliphatic rings. The van der Waals surface area contributed by atoms with Crippen molar-refractivity contribution in [3.8, 4) is 5.75 Å². The summed E-state index contributed by atoms with van der Waals surface area (Å²) in [4.78, 5) is 0. The molecule has 2 rings (SSSR count). The van der Waals surface area contributed by atoms with Crippen LogP contribution in [-0.2, 0) is 6.42 Å². The average Bonchev–Trinajstić information content (AvgIpc) is 2.84. The number of methoxy groups -OCH3 is 1. The van der Waals surface area contributed by atoms with E-state index in [1.807, 2.05) is 30.3 Å². The minimum Gasteiger partial charge on any atom is -0.495 e. The van der Waals surface area contributed by atoms with Crippen molar-refractivity contribution in [1.29, 1.82) is 0 Å². The summed E-state index contributed by atoms with van der Waals surface area (Å²) in [6.07, 6.45) is 2.49. The molecule has 0 aliphatic carbocycles. The third-order valence-electron chi connectivity index (χ3n) is 2.78. The minimum absolute atomic E-state index is 0.227. The molecule has 0 spiro atoms. The van der Waals surface area contributed by atoms with Gasteiger partial charge in [0.15, 0.2) is 0 Å². The molecule has 1 heterocycles. The Balaban J connectivity index is 2.05. The predicted molar refractivity (Wildman–Crippen MR) is 72.9 cm³/mol. The van der Waals surface area contributed by atoms with Crippen LogP contribution in [0.15, 0.2) is 41.0 Å². The van der Waals surface area contributed by atoms with Crippen molar-refractivity contribution in [2.75, 3.05) is 18.2 Å². The van der Waals surface area contributed by atoms with Crippen LogP contribution in [0.1, 0.15) is 12.7 Å². The molecule has 1 aromatic heterocycles. The molecule has 0 fully saturated rings. The predicted octanol–water partition coefficient (Wildman–Crippen LogP) is 2.91. The molecule has 3 N–H and O–H groups in total. The fraction of sp³-hybridized carbons (Fsp3) is 0.286. The zero-order chi connectivity index (χ0) is 13.0. The number of nitrogens with one attached hydrogen (secondary N) is 1. The van der Waals surface area contributed by atoms with Crippen molar-refractivity contribution >= 4 is 11.4 Å². The molecule has 1 unspecified atom stereocenters. The number of ether oxygens (including phenoxy) is 1. The van der Waals surface area contributed by atoms with Crippen LogP contribution in [0.2, 0.25) is 0 Å². The van der Waals surface area contributed by atoms with E-state index in [9.17, 15) is 0 Å². The Labute approximate surface area is 107 Å². The second kappa shape index (κ2) is 5.49. The van der Waals surface area contributed by atoms with Gasteiger partial charge in [-0.2, -0.15) is 0 Å². The summed E-state index contributed by atoms with van der Waals surface area (Å²) in [5.74, 6) is 1.64. The van der Waals surface area contributed by atoms with Gasteiger partial charge in [0.05, 0.1) is 24.7 Å². The SMILES string of the molecule is COc1cccc(NC(C)Cc2ccco2)c1N. The zero-order valence-electron chi connectivity index (χ0n) is 10.6. The van der Waals surface area contributed by atoms with Crippen LogP contribution in [0.5, 0.6) is 5.75 Å². The molecule has 0 radical (unpaired) electrons. The van der Waals surface area contributed by atoms with Gasteiger partial charge in [0.25, 0.3) is 0 Å². The Kier molecular flexibility index (Phi) is 3.77. The molecule has 4 nitrogen and oxygen atoms in total. The van der Waals surface area contributed by atoms with Gasteiger partial charge in [0.2, 0.25) is 0 Å². The highest BCUT2D eigenvalue weighted by Gasteiger charge is 2.09. The second-order valence-electron chi connectivity index (χ2n) is 4.25. The van der Waals surface area contributed by atoms with Crippen molar-refractivity contribution in [1.82, 2.24) is 0 Å². The largest absolute Gasteiger partial charge is 0.495 e. The standard InChI is InChI=1S/C14H18N2O2/c1-10(9-11-5-4-8-18-11)16-12-6-3-7-13(17-2)14(12)15/h3-8,10,16H,9,15H2,1-2H3. The summed E-state index contributed by atoms with van der Waals surface area (Å²) >= 11 is 0. The first-order valence-corrected chi connectivity index (χ1v) is 5.92. The molecule has 4 heteroatoms. The lowest BCUT2D eigenvalue weighted by atomic mass is 10.1. The lowest BCUT2D eigenvalue weighted by Crippen LogP contribution is -2.18. The number of nitrogens with two attached hydrogens (primary N) is 1. The van der Waals surface area contributed by atoms with E-state index in [2.05, 4.69) is 12.2 Å². The van der Waals surface area contributed by atoms with Crippen LogP contribution in [0.3, 0.4) is 0 Å². The van der Waals surface area contributed by atoms with Gasteiger partial charge in [0.1, 0.15) is 11.5 Å². The lowest BCUT2D eigenvalue weighted by Gasteiger charge is -2.17. The Hall–Kier alpha value is -2.10. The first kappa shape index (κ1) is 12.4. The summed E-state index contributed by atoms with van der Waals surface area (Å²) in [6.45, 7) is 2.08. The summed E-state index contributed by atoms with van der Waals surface area (Å²) in [7, 11) is 1.61. The first-order valence-electron chi connectivity index (χ1n) is 5.92. The molecular formula is C14H18N2O2. The number of rotatable bonds is 5. The highest BCUT2D eigenvalue weighted by Crippen LogP contribution is 2.29. The van der Waals surface area contributed by atoms with Crippen molar-refractivity contribution in [3.63, 3.8) is 0 Å². The van der Waals surface area contributed by atoms with E-state index in [1.54, 1.807) is 13.4 Å². The summed E-state index contributed by atoms with van der Waals surface area (Å²) in [6, 6.07) is 9.78. The fourth-order valence-corrected chi connectivity index (χ4v) is 1.89. The number of anilines is 2. The Bertz CT molecular complexity index is 495. The summed E-state index contributed by atoms with van der Waals surface area (Å²) in [5.41, 5.74) is 7.52. The Morgan fingerprint density at radius 1 is 1.33 bits per heavy atom. The molecule has 0 aliphatic heterocycles. The normalized spacial score (nSPS) is 12.1. The van der Waals surface area contributed by atoms with Crippen LogP contribution in [0, 0.1) is 0 Å². The molecule has 0 bridgehead atoms. The molecule has 18 heavy (non-hydrogen) atoms. The molecule has 1 atom stereocenters. The van der Waals surface area contributed by atoms with Gasteiger partial charge in [-0.1, -0.05) is 6.07 Å². The molecule has 96 valence electrons. The minimum atomic E-state index is 0.227. The Morgan fingerprint density at radius 3 is 2.83 bits per heavy atom. The number of furan rings is 1. The molecule has 0 saturated carbocycles. The second-order valence-corrected chi connectivity index (χ2v) is 4.25. The van der Waals surface area contributed by atoms with Crippen LogP contribution >= 0.6 is 0 Å². The van der Waals surface area contributed by atoms with E-state index < -0.39 is 0 Å². The lowest BCUT2D eigenvalue weighted by molar-refractivity contribution is 0.417. The molecule has 2 aromatic rings. The summed E-state index contributed by atoms with van der Waals surface area (Å²) < 4.78 is 10.5. The summed E-state index contributed by atoms with van der Waals surface area (Å²) in [5, 5.41) is 3.36. The van der Waals surface area contributed by atoms with Gasteiger partial charge in [-0.15, -0.1) is 0 Å². The van der Waals surface area contributed by atoms with Crippen LogP contribution in [0.25, 0.3) is 0 Å². The number of para-hydroxylation sites is 1. The molecular weight excluding hydrogens is 228 g/mol. The Morgan fingerprint density at radius 2 is 2.17 bits per heavy atom. The van der Waals surface area contributed by atoms with Gasteiger partial charge < -0.3 is 20.2 Å². The fourth-order valence-electron chi connectivity index (χ4n) is 1.89. The van der Waals surface area contributed by atoms with E-state index in [4.69, 9.17) is 14.9 Å². The van der Waals surface area contributed by atoms with E-state index in [1.165, 1.54) is 0 Å². The number of hydrogen-bond donors (Lipinski definition) is 2. The molecule has 0 amide bonds.